The van der Waals surface area contributed by atoms with Crippen molar-refractivity contribution < 1.29 is 14.3 Å². The highest BCUT2D eigenvalue weighted by Crippen LogP contribution is 2.32. The lowest BCUT2D eigenvalue weighted by atomic mass is 10.2. The first kappa shape index (κ1) is 15.2. The maximum Gasteiger partial charge on any atom is 0.227 e. The smallest absolute Gasteiger partial charge is 0.227 e. The fourth-order valence-electron chi connectivity index (χ4n) is 2.29. The van der Waals surface area contributed by atoms with Crippen LogP contribution in [0.15, 0.2) is 42.5 Å². The van der Waals surface area contributed by atoms with E-state index in [1.54, 1.807) is 14.2 Å². The predicted molar refractivity (Wildman–Crippen MR) is 90.6 cm³/mol. The average Bonchev–Trinajstić information content (AvgIpc) is 3.41. The van der Waals surface area contributed by atoms with Crippen LogP contribution in [0.2, 0.25) is 0 Å². The van der Waals surface area contributed by atoms with Gasteiger partial charge in [0, 0.05) is 23.4 Å². The summed E-state index contributed by atoms with van der Waals surface area (Å²) in [5.74, 6) is 1.80. The van der Waals surface area contributed by atoms with Crippen molar-refractivity contribution in [2.45, 2.75) is 12.8 Å². The van der Waals surface area contributed by atoms with Crippen LogP contribution in [0.5, 0.6) is 11.5 Å². The molecule has 2 N–H and O–H groups in total. The Balaban J connectivity index is 1.71. The molecule has 1 saturated carbocycles. The number of benzene rings is 2. The van der Waals surface area contributed by atoms with Gasteiger partial charge in [0.25, 0.3) is 0 Å². The minimum atomic E-state index is 0.111. The monoisotopic (exact) mass is 312 g/mol. The van der Waals surface area contributed by atoms with E-state index >= 15 is 0 Å². The SMILES string of the molecule is COc1ccc(OC)c(Nc2ccc(NC(=O)C3CC3)cc2)c1. The van der Waals surface area contributed by atoms with Gasteiger partial charge in [-0.1, -0.05) is 0 Å². The number of carbonyl (C=O) groups excluding carboxylic acids is 1. The molecule has 0 bridgehead atoms. The van der Waals surface area contributed by atoms with Crippen LogP contribution >= 0.6 is 0 Å². The minimum absolute atomic E-state index is 0.111. The number of ether oxygens (including phenoxy) is 2. The lowest BCUT2D eigenvalue weighted by Gasteiger charge is -2.13. The number of carbonyl (C=O) groups is 1. The molecule has 2 aromatic rings. The Hall–Kier alpha value is -2.69. The number of anilines is 3. The summed E-state index contributed by atoms with van der Waals surface area (Å²) >= 11 is 0. The molecule has 3 rings (SSSR count). The molecule has 23 heavy (non-hydrogen) atoms. The lowest BCUT2D eigenvalue weighted by molar-refractivity contribution is -0.117. The van der Waals surface area contributed by atoms with E-state index in [9.17, 15) is 4.79 Å². The Morgan fingerprint density at radius 3 is 2.30 bits per heavy atom. The maximum absolute atomic E-state index is 11.7. The molecule has 5 heteroatoms. The van der Waals surface area contributed by atoms with Gasteiger partial charge >= 0.3 is 0 Å². The van der Waals surface area contributed by atoms with E-state index in [0.29, 0.717) is 0 Å². The van der Waals surface area contributed by atoms with Crippen molar-refractivity contribution >= 4 is 23.0 Å². The third-order valence-corrected chi connectivity index (χ3v) is 3.79. The normalized spacial score (nSPS) is 13.3. The number of hydrogen-bond acceptors (Lipinski definition) is 4. The molecule has 0 heterocycles. The summed E-state index contributed by atoms with van der Waals surface area (Å²) < 4.78 is 10.6. The van der Waals surface area contributed by atoms with Crippen LogP contribution in [0.3, 0.4) is 0 Å². The molecule has 1 fully saturated rings. The molecule has 120 valence electrons. The average molecular weight is 312 g/mol. The van der Waals surface area contributed by atoms with Crippen molar-refractivity contribution in [3.63, 3.8) is 0 Å². The summed E-state index contributed by atoms with van der Waals surface area (Å²) in [5, 5.41) is 6.22. The second-order valence-corrected chi connectivity index (χ2v) is 5.53. The largest absolute Gasteiger partial charge is 0.497 e. The van der Waals surface area contributed by atoms with Gasteiger partial charge in [0.05, 0.1) is 19.9 Å². The molecule has 1 amide bonds. The Bertz CT molecular complexity index is 694. The zero-order chi connectivity index (χ0) is 16.2. The van der Waals surface area contributed by atoms with E-state index in [1.807, 2.05) is 42.5 Å². The number of rotatable bonds is 6. The first-order valence-electron chi connectivity index (χ1n) is 7.59. The van der Waals surface area contributed by atoms with E-state index in [2.05, 4.69) is 10.6 Å². The van der Waals surface area contributed by atoms with Gasteiger partial charge in [0.15, 0.2) is 0 Å². The fourth-order valence-corrected chi connectivity index (χ4v) is 2.29. The van der Waals surface area contributed by atoms with Crippen molar-refractivity contribution in [3.05, 3.63) is 42.5 Å². The topological polar surface area (TPSA) is 59.6 Å². The van der Waals surface area contributed by atoms with Gasteiger partial charge in [-0.2, -0.15) is 0 Å². The fraction of sp³-hybridized carbons (Fsp3) is 0.278. The van der Waals surface area contributed by atoms with Gasteiger partial charge in [-0.25, -0.2) is 0 Å². The van der Waals surface area contributed by atoms with Crippen molar-refractivity contribution in [2.24, 2.45) is 5.92 Å². The highest BCUT2D eigenvalue weighted by atomic mass is 16.5. The highest BCUT2D eigenvalue weighted by Gasteiger charge is 2.29. The molecule has 0 unspecified atom stereocenters. The van der Waals surface area contributed by atoms with Crippen LogP contribution < -0.4 is 20.1 Å². The van der Waals surface area contributed by atoms with Crippen LogP contribution in [0.4, 0.5) is 17.1 Å². The molecular formula is C18H20N2O3. The van der Waals surface area contributed by atoms with E-state index < -0.39 is 0 Å². The number of methoxy groups -OCH3 is 2. The summed E-state index contributed by atoms with van der Waals surface area (Å²) in [6.07, 6.45) is 2.00. The Kier molecular flexibility index (Phi) is 4.37. The number of hydrogen-bond donors (Lipinski definition) is 2. The highest BCUT2D eigenvalue weighted by molar-refractivity contribution is 5.94. The summed E-state index contributed by atoms with van der Waals surface area (Å²) in [7, 11) is 3.26. The molecule has 5 nitrogen and oxygen atoms in total. The summed E-state index contributed by atoms with van der Waals surface area (Å²) in [6.45, 7) is 0. The Morgan fingerprint density at radius 1 is 1.00 bits per heavy atom. The van der Waals surface area contributed by atoms with E-state index in [4.69, 9.17) is 9.47 Å². The molecule has 0 atom stereocenters. The van der Waals surface area contributed by atoms with Crippen LogP contribution in [0, 0.1) is 5.92 Å². The van der Waals surface area contributed by atoms with Gasteiger partial charge < -0.3 is 20.1 Å². The van der Waals surface area contributed by atoms with E-state index in [-0.39, 0.29) is 11.8 Å². The number of amides is 1. The third kappa shape index (κ3) is 3.74. The molecule has 0 aromatic heterocycles. The lowest BCUT2D eigenvalue weighted by Crippen LogP contribution is -2.13. The molecular weight excluding hydrogens is 292 g/mol. The number of nitrogens with one attached hydrogen (secondary N) is 2. The second kappa shape index (κ2) is 6.60. The third-order valence-electron chi connectivity index (χ3n) is 3.79. The van der Waals surface area contributed by atoms with Gasteiger partial charge in [0.2, 0.25) is 5.91 Å². The molecule has 1 aliphatic carbocycles. The first-order chi connectivity index (χ1) is 11.2. The zero-order valence-electron chi connectivity index (χ0n) is 13.3. The van der Waals surface area contributed by atoms with Crippen molar-refractivity contribution in [1.29, 1.82) is 0 Å². The van der Waals surface area contributed by atoms with Gasteiger partial charge in [-0.15, -0.1) is 0 Å². The molecule has 2 aromatic carbocycles. The van der Waals surface area contributed by atoms with Crippen molar-refractivity contribution in [1.82, 2.24) is 0 Å². The Morgan fingerprint density at radius 2 is 1.70 bits per heavy atom. The van der Waals surface area contributed by atoms with Crippen molar-refractivity contribution in [2.75, 3.05) is 24.9 Å². The van der Waals surface area contributed by atoms with Crippen LogP contribution in [-0.2, 0) is 4.79 Å². The minimum Gasteiger partial charge on any atom is -0.497 e. The Labute approximate surface area is 135 Å². The van der Waals surface area contributed by atoms with Crippen LogP contribution in [0.25, 0.3) is 0 Å². The molecule has 0 aliphatic heterocycles. The maximum atomic E-state index is 11.7. The van der Waals surface area contributed by atoms with E-state index in [0.717, 1.165) is 41.4 Å². The van der Waals surface area contributed by atoms with Gasteiger partial charge in [0.1, 0.15) is 11.5 Å². The molecule has 0 saturated heterocycles. The molecule has 1 aliphatic rings. The van der Waals surface area contributed by atoms with Gasteiger partial charge in [-0.05, 0) is 49.2 Å². The predicted octanol–water partition coefficient (Wildman–Crippen LogP) is 3.80. The second-order valence-electron chi connectivity index (χ2n) is 5.53. The van der Waals surface area contributed by atoms with Crippen LogP contribution in [0.1, 0.15) is 12.8 Å². The van der Waals surface area contributed by atoms with Crippen molar-refractivity contribution in [3.8, 4) is 11.5 Å². The van der Waals surface area contributed by atoms with Crippen LogP contribution in [-0.4, -0.2) is 20.1 Å². The summed E-state index contributed by atoms with van der Waals surface area (Å²) in [5.41, 5.74) is 2.53. The van der Waals surface area contributed by atoms with Gasteiger partial charge in [-0.3, -0.25) is 4.79 Å². The first-order valence-corrected chi connectivity index (χ1v) is 7.59. The quantitative estimate of drug-likeness (QED) is 0.852. The molecule has 0 radical (unpaired) electrons. The zero-order valence-corrected chi connectivity index (χ0v) is 13.3. The summed E-state index contributed by atoms with van der Waals surface area (Å²) in [6, 6.07) is 13.2. The summed E-state index contributed by atoms with van der Waals surface area (Å²) in [4.78, 5) is 11.7. The standard InChI is InChI=1S/C18H20N2O3/c1-22-15-9-10-17(23-2)16(11-15)19-13-5-7-14(8-6-13)20-18(21)12-3-4-12/h5-12,19H,3-4H2,1-2H3,(H,20,21). The van der Waals surface area contributed by atoms with E-state index in [1.165, 1.54) is 0 Å². The molecule has 0 spiro atoms.